The Kier molecular flexibility index (Phi) is 7.85. The fraction of sp³-hybridized carbons (Fsp3) is 0.692. The van der Waals surface area contributed by atoms with Gasteiger partial charge in [-0.15, -0.1) is 24.0 Å². The minimum atomic E-state index is 0. The van der Waals surface area contributed by atoms with Crippen LogP contribution in [0, 0.1) is 0 Å². The van der Waals surface area contributed by atoms with Crippen molar-refractivity contribution >= 4 is 29.9 Å². The number of hydrogen-bond acceptors (Lipinski definition) is 2. The van der Waals surface area contributed by atoms with Crippen LogP contribution >= 0.6 is 24.0 Å². The van der Waals surface area contributed by atoms with Crippen molar-refractivity contribution in [2.75, 3.05) is 13.6 Å². The Morgan fingerprint density at radius 2 is 2.16 bits per heavy atom. The lowest BCUT2D eigenvalue weighted by molar-refractivity contribution is 0.409. The third kappa shape index (κ3) is 5.80. The molecular formula is C13H24IN5. The van der Waals surface area contributed by atoms with Gasteiger partial charge in [-0.3, -0.25) is 9.67 Å². The third-order valence-corrected chi connectivity index (χ3v) is 3.36. The molecule has 1 aliphatic rings. The molecule has 2 N–H and O–H groups in total. The summed E-state index contributed by atoms with van der Waals surface area (Å²) < 4.78 is 1.92. The van der Waals surface area contributed by atoms with E-state index in [1.54, 1.807) is 6.20 Å². The summed E-state index contributed by atoms with van der Waals surface area (Å²) in [6, 6.07) is 2.53. The van der Waals surface area contributed by atoms with E-state index in [0.717, 1.165) is 19.0 Å². The largest absolute Gasteiger partial charge is 0.355 e. The van der Waals surface area contributed by atoms with Gasteiger partial charge in [0.05, 0.1) is 6.54 Å². The van der Waals surface area contributed by atoms with Crippen LogP contribution in [0.25, 0.3) is 0 Å². The molecule has 108 valence electrons. The van der Waals surface area contributed by atoms with Crippen molar-refractivity contribution in [3.63, 3.8) is 0 Å². The van der Waals surface area contributed by atoms with E-state index in [4.69, 9.17) is 0 Å². The van der Waals surface area contributed by atoms with Gasteiger partial charge in [0, 0.05) is 32.0 Å². The molecule has 1 aromatic rings. The van der Waals surface area contributed by atoms with Gasteiger partial charge < -0.3 is 10.6 Å². The Morgan fingerprint density at radius 3 is 2.79 bits per heavy atom. The summed E-state index contributed by atoms with van der Waals surface area (Å²) >= 11 is 0. The van der Waals surface area contributed by atoms with Crippen molar-refractivity contribution in [2.24, 2.45) is 4.99 Å². The Balaban J connectivity index is 0.00000180. The Labute approximate surface area is 132 Å². The molecule has 1 aromatic heterocycles. The molecule has 2 rings (SSSR count). The number of halogens is 1. The fourth-order valence-corrected chi connectivity index (χ4v) is 2.36. The molecular weight excluding hydrogens is 353 g/mol. The summed E-state index contributed by atoms with van der Waals surface area (Å²) in [7, 11) is 1.83. The molecule has 0 aromatic carbocycles. The van der Waals surface area contributed by atoms with Crippen LogP contribution in [-0.4, -0.2) is 35.4 Å². The van der Waals surface area contributed by atoms with Crippen LogP contribution in [0.5, 0.6) is 0 Å². The van der Waals surface area contributed by atoms with Crippen LogP contribution < -0.4 is 10.6 Å². The number of aromatic nitrogens is 2. The van der Waals surface area contributed by atoms with Crippen LogP contribution in [0.2, 0.25) is 0 Å². The zero-order valence-electron chi connectivity index (χ0n) is 11.5. The van der Waals surface area contributed by atoms with Gasteiger partial charge in [-0.2, -0.15) is 5.10 Å². The lowest BCUT2D eigenvalue weighted by Crippen LogP contribution is -2.45. The zero-order valence-corrected chi connectivity index (χ0v) is 13.8. The SMILES string of the molecule is CN=C(NCCn1cccn1)NC1CCCCC1.I. The van der Waals surface area contributed by atoms with E-state index in [9.17, 15) is 0 Å². The molecule has 0 bridgehead atoms. The Morgan fingerprint density at radius 1 is 1.37 bits per heavy atom. The van der Waals surface area contributed by atoms with Gasteiger partial charge in [-0.25, -0.2) is 0 Å². The zero-order chi connectivity index (χ0) is 12.6. The summed E-state index contributed by atoms with van der Waals surface area (Å²) in [6.45, 7) is 1.70. The van der Waals surface area contributed by atoms with Crippen molar-refractivity contribution in [2.45, 2.75) is 44.7 Å². The number of guanidine groups is 1. The van der Waals surface area contributed by atoms with E-state index >= 15 is 0 Å². The van der Waals surface area contributed by atoms with Gasteiger partial charge in [-0.1, -0.05) is 19.3 Å². The van der Waals surface area contributed by atoms with Crippen molar-refractivity contribution in [3.05, 3.63) is 18.5 Å². The van der Waals surface area contributed by atoms with Gasteiger partial charge in [0.1, 0.15) is 0 Å². The molecule has 1 fully saturated rings. The monoisotopic (exact) mass is 377 g/mol. The minimum absolute atomic E-state index is 0. The first-order valence-electron chi connectivity index (χ1n) is 6.83. The molecule has 0 unspecified atom stereocenters. The first kappa shape index (κ1) is 16.3. The summed E-state index contributed by atoms with van der Waals surface area (Å²) in [5.74, 6) is 0.911. The highest BCUT2D eigenvalue weighted by Crippen LogP contribution is 2.17. The molecule has 0 radical (unpaired) electrons. The highest BCUT2D eigenvalue weighted by Gasteiger charge is 2.13. The van der Waals surface area contributed by atoms with Gasteiger partial charge >= 0.3 is 0 Å². The van der Waals surface area contributed by atoms with Gasteiger partial charge in [0.15, 0.2) is 5.96 Å². The summed E-state index contributed by atoms with van der Waals surface area (Å²) in [4.78, 5) is 4.27. The smallest absolute Gasteiger partial charge is 0.191 e. The molecule has 1 aliphatic carbocycles. The molecule has 0 amide bonds. The molecule has 0 aliphatic heterocycles. The first-order chi connectivity index (χ1) is 8.88. The van der Waals surface area contributed by atoms with Crippen LogP contribution in [0.15, 0.2) is 23.5 Å². The molecule has 6 heteroatoms. The second-order valence-electron chi connectivity index (χ2n) is 4.75. The van der Waals surface area contributed by atoms with Crippen LogP contribution in [-0.2, 0) is 6.54 Å². The lowest BCUT2D eigenvalue weighted by atomic mass is 9.96. The second-order valence-corrected chi connectivity index (χ2v) is 4.75. The van der Waals surface area contributed by atoms with Crippen molar-refractivity contribution < 1.29 is 0 Å². The van der Waals surface area contributed by atoms with Crippen molar-refractivity contribution in [3.8, 4) is 0 Å². The maximum absolute atomic E-state index is 4.27. The highest BCUT2D eigenvalue weighted by atomic mass is 127. The van der Waals surface area contributed by atoms with Crippen LogP contribution in [0.1, 0.15) is 32.1 Å². The van der Waals surface area contributed by atoms with Crippen molar-refractivity contribution in [1.82, 2.24) is 20.4 Å². The number of nitrogens with one attached hydrogen (secondary N) is 2. The molecule has 1 heterocycles. The summed E-state index contributed by atoms with van der Waals surface area (Å²) in [5.41, 5.74) is 0. The second kappa shape index (κ2) is 9.17. The Bertz CT molecular complexity index is 357. The van der Waals surface area contributed by atoms with E-state index in [1.165, 1.54) is 32.1 Å². The normalized spacial score (nSPS) is 16.8. The van der Waals surface area contributed by atoms with E-state index in [1.807, 2.05) is 24.0 Å². The number of hydrogen-bond donors (Lipinski definition) is 2. The number of aliphatic imine (C=N–C) groups is 1. The summed E-state index contributed by atoms with van der Waals surface area (Å²) in [6.07, 6.45) is 10.3. The number of nitrogens with zero attached hydrogens (tertiary/aromatic N) is 3. The molecule has 19 heavy (non-hydrogen) atoms. The molecule has 0 spiro atoms. The van der Waals surface area contributed by atoms with Gasteiger partial charge in [0.2, 0.25) is 0 Å². The quantitative estimate of drug-likeness (QED) is 0.480. The minimum Gasteiger partial charge on any atom is -0.355 e. The Hall–Kier alpha value is -0.790. The standard InChI is InChI=1S/C13H23N5.HI/c1-14-13(17-12-6-3-2-4-7-12)15-9-11-18-10-5-8-16-18;/h5,8,10,12H,2-4,6-7,9,11H2,1H3,(H2,14,15,17);1H. The predicted molar refractivity (Wildman–Crippen MR) is 89.0 cm³/mol. The fourth-order valence-electron chi connectivity index (χ4n) is 2.36. The molecule has 5 nitrogen and oxygen atoms in total. The highest BCUT2D eigenvalue weighted by molar-refractivity contribution is 14.0. The first-order valence-corrected chi connectivity index (χ1v) is 6.83. The maximum Gasteiger partial charge on any atom is 0.191 e. The predicted octanol–water partition coefficient (Wildman–Crippen LogP) is 2.00. The van der Waals surface area contributed by atoms with Crippen molar-refractivity contribution in [1.29, 1.82) is 0 Å². The van der Waals surface area contributed by atoms with E-state index in [0.29, 0.717) is 6.04 Å². The van der Waals surface area contributed by atoms with Gasteiger partial charge in [-0.05, 0) is 18.9 Å². The number of rotatable bonds is 4. The average Bonchev–Trinajstić information content (AvgIpc) is 2.92. The van der Waals surface area contributed by atoms with E-state index in [-0.39, 0.29) is 24.0 Å². The lowest BCUT2D eigenvalue weighted by Gasteiger charge is -2.24. The molecule has 0 atom stereocenters. The van der Waals surface area contributed by atoms with Crippen LogP contribution in [0.4, 0.5) is 0 Å². The molecule has 1 saturated carbocycles. The molecule has 0 saturated heterocycles. The maximum atomic E-state index is 4.27. The van der Waals surface area contributed by atoms with E-state index in [2.05, 4.69) is 20.7 Å². The average molecular weight is 377 g/mol. The third-order valence-electron chi connectivity index (χ3n) is 3.36. The van der Waals surface area contributed by atoms with Crippen LogP contribution in [0.3, 0.4) is 0 Å². The van der Waals surface area contributed by atoms with E-state index < -0.39 is 0 Å². The topological polar surface area (TPSA) is 54.2 Å². The summed E-state index contributed by atoms with van der Waals surface area (Å²) in [5, 5.41) is 11.0. The van der Waals surface area contributed by atoms with Gasteiger partial charge in [0.25, 0.3) is 0 Å².